The van der Waals surface area contributed by atoms with E-state index in [0.29, 0.717) is 13.0 Å². The molecule has 1 aliphatic heterocycles. The van der Waals surface area contributed by atoms with Crippen molar-refractivity contribution in [2.75, 3.05) is 11.4 Å². The zero-order valence-corrected chi connectivity index (χ0v) is 10.8. The van der Waals surface area contributed by atoms with E-state index in [4.69, 9.17) is 6.57 Å². The van der Waals surface area contributed by atoms with Crippen LogP contribution in [0.5, 0.6) is 0 Å². The second-order valence-corrected chi connectivity index (χ2v) is 5.54. The Bertz CT molecular complexity index is 610. The summed E-state index contributed by atoms with van der Waals surface area (Å²) in [4.78, 5) is 4.39. The maximum absolute atomic E-state index is 13.6. The fraction of sp³-hybridized carbons (Fsp3) is 0.500. The number of aliphatic hydroxyl groups excluding tert-OH is 1. The first-order chi connectivity index (χ1) is 9.82. The van der Waals surface area contributed by atoms with Crippen LogP contribution in [0.2, 0.25) is 0 Å². The van der Waals surface area contributed by atoms with Crippen LogP contribution in [0.3, 0.4) is 0 Å². The van der Waals surface area contributed by atoms with Gasteiger partial charge in [-0.05, 0) is 30.4 Å². The molecule has 3 nitrogen and oxygen atoms in total. The molecular weight excluding hydrogens is 288 g/mol. The van der Waals surface area contributed by atoms with Crippen LogP contribution in [0, 0.1) is 24.2 Å². The van der Waals surface area contributed by atoms with Crippen LogP contribution < -0.4 is 4.90 Å². The Balaban J connectivity index is 1.91. The fourth-order valence-electron chi connectivity index (χ4n) is 3.15. The Morgan fingerprint density at radius 1 is 1.38 bits per heavy atom. The molecule has 0 unspecified atom stereocenters. The standard InChI is InChI=1S/C14H12F4N2O/c1-19-11-3-2-8(5-10(11)15)20-6-7-4-9(7)12(20)13(21)14(16,17)18/h2-3,5,7,9,12-13,21H,4,6H2/t7-,9-,12-,13+/m1/s1. The second-order valence-electron chi connectivity index (χ2n) is 5.54. The maximum atomic E-state index is 13.6. The van der Waals surface area contributed by atoms with Crippen molar-refractivity contribution in [3.8, 4) is 0 Å². The number of benzene rings is 1. The van der Waals surface area contributed by atoms with E-state index in [2.05, 4.69) is 4.85 Å². The normalized spacial score (nSPS) is 29.0. The van der Waals surface area contributed by atoms with Crippen molar-refractivity contribution in [2.45, 2.75) is 24.7 Å². The number of halogens is 4. The van der Waals surface area contributed by atoms with Gasteiger partial charge in [0.15, 0.2) is 6.10 Å². The molecule has 0 spiro atoms. The predicted molar refractivity (Wildman–Crippen MR) is 67.5 cm³/mol. The molecule has 1 heterocycles. The molecule has 21 heavy (non-hydrogen) atoms. The zero-order valence-electron chi connectivity index (χ0n) is 10.8. The third-order valence-electron chi connectivity index (χ3n) is 4.25. The number of hydrogen-bond donors (Lipinski definition) is 1. The van der Waals surface area contributed by atoms with Crippen molar-refractivity contribution < 1.29 is 22.7 Å². The van der Waals surface area contributed by atoms with E-state index in [1.54, 1.807) is 0 Å². The summed E-state index contributed by atoms with van der Waals surface area (Å²) in [6, 6.07) is 2.66. The highest BCUT2D eigenvalue weighted by molar-refractivity contribution is 5.58. The first kappa shape index (κ1) is 14.1. The molecule has 0 bridgehead atoms. The van der Waals surface area contributed by atoms with Crippen LogP contribution in [0.25, 0.3) is 4.85 Å². The molecule has 0 amide bonds. The number of alkyl halides is 3. The van der Waals surface area contributed by atoms with Crippen LogP contribution in [0.1, 0.15) is 6.42 Å². The summed E-state index contributed by atoms with van der Waals surface area (Å²) in [5, 5.41) is 9.58. The summed E-state index contributed by atoms with van der Waals surface area (Å²) in [7, 11) is 0. The Kier molecular flexibility index (Phi) is 3.10. The van der Waals surface area contributed by atoms with Gasteiger partial charge in [0.25, 0.3) is 0 Å². The third-order valence-corrected chi connectivity index (χ3v) is 4.25. The number of aliphatic hydroxyl groups is 1. The summed E-state index contributed by atoms with van der Waals surface area (Å²) in [5.74, 6) is -0.843. The first-order valence-electron chi connectivity index (χ1n) is 6.51. The van der Waals surface area contributed by atoms with Crippen LogP contribution >= 0.6 is 0 Å². The lowest BCUT2D eigenvalue weighted by Crippen LogP contribution is -2.49. The summed E-state index contributed by atoms with van der Waals surface area (Å²) < 4.78 is 52.0. The number of rotatable bonds is 2. The van der Waals surface area contributed by atoms with Crippen molar-refractivity contribution in [3.63, 3.8) is 0 Å². The average Bonchev–Trinajstić information content (AvgIpc) is 3.08. The molecule has 4 atom stereocenters. The van der Waals surface area contributed by atoms with Crippen molar-refractivity contribution in [1.82, 2.24) is 0 Å². The van der Waals surface area contributed by atoms with Gasteiger partial charge in [0, 0.05) is 12.2 Å². The van der Waals surface area contributed by atoms with Crippen LogP contribution in [0.15, 0.2) is 18.2 Å². The van der Waals surface area contributed by atoms with Crippen molar-refractivity contribution >= 4 is 11.4 Å². The molecule has 1 N–H and O–H groups in total. The third kappa shape index (κ3) is 2.33. The quantitative estimate of drug-likeness (QED) is 0.671. The molecule has 1 saturated carbocycles. The lowest BCUT2D eigenvalue weighted by Gasteiger charge is -2.33. The van der Waals surface area contributed by atoms with Gasteiger partial charge in [0.1, 0.15) is 5.82 Å². The molecule has 1 aromatic carbocycles. The molecule has 0 aromatic heterocycles. The van der Waals surface area contributed by atoms with Gasteiger partial charge in [-0.3, -0.25) is 0 Å². The molecule has 0 radical (unpaired) electrons. The minimum Gasteiger partial charge on any atom is -0.382 e. The van der Waals surface area contributed by atoms with Crippen LogP contribution in [-0.4, -0.2) is 30.0 Å². The first-order valence-corrected chi connectivity index (χ1v) is 6.51. The van der Waals surface area contributed by atoms with E-state index in [1.165, 1.54) is 17.0 Å². The minimum absolute atomic E-state index is 0.121. The highest BCUT2D eigenvalue weighted by Crippen LogP contribution is 2.53. The van der Waals surface area contributed by atoms with E-state index < -0.39 is 24.1 Å². The molecule has 1 aliphatic carbocycles. The smallest absolute Gasteiger partial charge is 0.382 e. The second kappa shape index (κ2) is 4.60. The molecule has 2 fully saturated rings. The molecule has 1 aromatic rings. The molecule has 112 valence electrons. The topological polar surface area (TPSA) is 27.8 Å². The summed E-state index contributed by atoms with van der Waals surface area (Å²) in [6.07, 6.45) is -6.48. The van der Waals surface area contributed by atoms with Crippen LogP contribution in [-0.2, 0) is 0 Å². The molecule has 2 aliphatic rings. The Labute approximate surface area is 118 Å². The minimum atomic E-state index is -4.70. The average molecular weight is 300 g/mol. The van der Waals surface area contributed by atoms with Gasteiger partial charge in [0.05, 0.1) is 12.6 Å². The molecule has 1 saturated heterocycles. The molecule has 7 heteroatoms. The van der Waals surface area contributed by atoms with Crippen LogP contribution in [0.4, 0.5) is 28.9 Å². The van der Waals surface area contributed by atoms with E-state index in [9.17, 15) is 22.7 Å². The number of fused-ring (bicyclic) bond motifs is 1. The molecular formula is C14H12F4N2O. The van der Waals surface area contributed by atoms with Crippen molar-refractivity contribution in [2.24, 2.45) is 11.8 Å². The van der Waals surface area contributed by atoms with Gasteiger partial charge < -0.3 is 10.0 Å². The van der Waals surface area contributed by atoms with E-state index in [-0.39, 0.29) is 23.2 Å². The number of nitrogens with zero attached hydrogens (tertiary/aromatic N) is 2. The Hall–Kier alpha value is -1.81. The highest BCUT2D eigenvalue weighted by Gasteiger charge is 2.60. The zero-order chi connectivity index (χ0) is 15.4. The SMILES string of the molecule is [C-]#[N+]c1ccc(N2C[C@H]3C[C@H]3[C@@H]2[C@H](O)C(F)(F)F)cc1F. The number of hydrogen-bond acceptors (Lipinski definition) is 2. The monoisotopic (exact) mass is 300 g/mol. The Morgan fingerprint density at radius 2 is 2.10 bits per heavy atom. The van der Waals surface area contributed by atoms with E-state index in [0.717, 1.165) is 6.07 Å². The Morgan fingerprint density at radius 3 is 2.67 bits per heavy atom. The summed E-state index contributed by atoms with van der Waals surface area (Å²) in [5.41, 5.74) is 0.108. The maximum Gasteiger partial charge on any atom is 0.416 e. The van der Waals surface area contributed by atoms with Gasteiger partial charge in [-0.15, -0.1) is 0 Å². The van der Waals surface area contributed by atoms with Crippen molar-refractivity contribution in [3.05, 3.63) is 35.4 Å². The van der Waals surface area contributed by atoms with Gasteiger partial charge in [-0.1, -0.05) is 6.07 Å². The van der Waals surface area contributed by atoms with Crippen molar-refractivity contribution in [1.29, 1.82) is 0 Å². The summed E-state index contributed by atoms with van der Waals surface area (Å²) in [6.45, 7) is 7.15. The largest absolute Gasteiger partial charge is 0.416 e. The van der Waals surface area contributed by atoms with Gasteiger partial charge in [-0.2, -0.15) is 13.2 Å². The molecule has 3 rings (SSSR count). The number of piperidine rings is 1. The lowest BCUT2D eigenvalue weighted by molar-refractivity contribution is -0.210. The summed E-state index contributed by atoms with van der Waals surface area (Å²) >= 11 is 0. The fourth-order valence-corrected chi connectivity index (χ4v) is 3.15. The number of anilines is 1. The van der Waals surface area contributed by atoms with Gasteiger partial charge in [-0.25, -0.2) is 9.24 Å². The van der Waals surface area contributed by atoms with E-state index >= 15 is 0 Å². The highest BCUT2D eigenvalue weighted by atomic mass is 19.4. The van der Waals surface area contributed by atoms with E-state index in [1.807, 2.05) is 0 Å². The lowest BCUT2D eigenvalue weighted by atomic mass is 10.0. The predicted octanol–water partition coefficient (Wildman–Crippen LogP) is 3.12. The van der Waals surface area contributed by atoms with Gasteiger partial charge in [0.2, 0.25) is 5.69 Å². The van der Waals surface area contributed by atoms with Gasteiger partial charge >= 0.3 is 6.18 Å².